The van der Waals surface area contributed by atoms with Crippen LogP contribution in [0, 0.1) is 6.92 Å². The van der Waals surface area contributed by atoms with Crippen molar-refractivity contribution in [3.05, 3.63) is 47.6 Å². The van der Waals surface area contributed by atoms with Gasteiger partial charge in [0.1, 0.15) is 0 Å². The highest BCUT2D eigenvalue weighted by Crippen LogP contribution is 2.20. The molecule has 0 atom stereocenters. The summed E-state index contributed by atoms with van der Waals surface area (Å²) >= 11 is 0. The molecule has 0 aliphatic heterocycles. The Kier molecular flexibility index (Phi) is 5.58. The number of aryl methyl sites for hydroxylation is 1. The number of nitrogens with two attached hydrogens (primary N) is 1. The largest absolute Gasteiger partial charge is 0.398 e. The van der Waals surface area contributed by atoms with Gasteiger partial charge in [-0.3, -0.25) is 4.79 Å². The SMILES string of the molecule is C/C(=C\C=C/CC(F)(F)F)C(=O)Nc1ccc(C)c(N)c1. The van der Waals surface area contributed by atoms with Gasteiger partial charge in [-0.2, -0.15) is 13.2 Å². The first kappa shape index (κ1) is 16.8. The molecule has 0 radical (unpaired) electrons. The van der Waals surface area contributed by atoms with Gasteiger partial charge >= 0.3 is 6.18 Å². The van der Waals surface area contributed by atoms with Gasteiger partial charge in [-0.25, -0.2) is 0 Å². The molecule has 1 aromatic rings. The first-order chi connectivity index (χ1) is 9.69. The maximum Gasteiger partial charge on any atom is 0.392 e. The number of anilines is 2. The topological polar surface area (TPSA) is 55.1 Å². The fourth-order valence-corrected chi connectivity index (χ4v) is 1.44. The number of benzene rings is 1. The second-order valence-electron chi connectivity index (χ2n) is 4.62. The number of carbonyl (C=O) groups excluding carboxylic acids is 1. The lowest BCUT2D eigenvalue weighted by Gasteiger charge is -2.07. The van der Waals surface area contributed by atoms with Gasteiger partial charge in [0.05, 0.1) is 6.42 Å². The molecule has 1 aromatic carbocycles. The number of hydrogen-bond acceptors (Lipinski definition) is 2. The molecular weight excluding hydrogens is 281 g/mol. The van der Waals surface area contributed by atoms with Crippen LogP contribution in [0.4, 0.5) is 24.5 Å². The Bertz CT molecular complexity index is 575. The van der Waals surface area contributed by atoms with Crippen molar-refractivity contribution < 1.29 is 18.0 Å². The van der Waals surface area contributed by atoms with Crippen molar-refractivity contribution in [3.63, 3.8) is 0 Å². The van der Waals surface area contributed by atoms with Gasteiger partial charge in [0.15, 0.2) is 0 Å². The van der Waals surface area contributed by atoms with Crippen LogP contribution in [-0.4, -0.2) is 12.1 Å². The normalized spacial score (nSPS) is 12.7. The number of carbonyl (C=O) groups is 1. The van der Waals surface area contributed by atoms with Crippen LogP contribution < -0.4 is 11.1 Å². The smallest absolute Gasteiger partial charge is 0.392 e. The van der Waals surface area contributed by atoms with Crippen LogP contribution >= 0.6 is 0 Å². The third-order valence-corrected chi connectivity index (χ3v) is 2.73. The maximum atomic E-state index is 11.9. The van der Waals surface area contributed by atoms with Crippen molar-refractivity contribution in [2.75, 3.05) is 11.1 Å². The standard InChI is InChI=1S/C15H17F3N2O/c1-10-6-7-12(9-13(10)19)20-14(21)11(2)5-3-4-8-15(16,17)18/h3-7,9H,8,19H2,1-2H3,(H,20,21)/b4-3-,11-5+. The van der Waals surface area contributed by atoms with E-state index in [1.54, 1.807) is 18.2 Å². The summed E-state index contributed by atoms with van der Waals surface area (Å²) in [5, 5.41) is 2.62. The minimum Gasteiger partial charge on any atom is -0.398 e. The van der Waals surface area contributed by atoms with Crippen LogP contribution in [0.1, 0.15) is 18.9 Å². The Morgan fingerprint density at radius 3 is 2.62 bits per heavy atom. The molecule has 114 valence electrons. The number of hydrogen-bond donors (Lipinski definition) is 2. The minimum absolute atomic E-state index is 0.299. The third-order valence-electron chi connectivity index (χ3n) is 2.73. The van der Waals surface area contributed by atoms with E-state index in [0.717, 1.165) is 11.6 Å². The van der Waals surface area contributed by atoms with Crippen molar-refractivity contribution in [2.24, 2.45) is 0 Å². The Balaban J connectivity index is 2.64. The molecule has 1 amide bonds. The summed E-state index contributed by atoms with van der Waals surface area (Å²) < 4.78 is 35.8. The van der Waals surface area contributed by atoms with Crippen molar-refractivity contribution >= 4 is 17.3 Å². The van der Waals surface area contributed by atoms with Gasteiger partial charge in [-0.15, -0.1) is 0 Å². The highest BCUT2D eigenvalue weighted by atomic mass is 19.4. The number of amides is 1. The monoisotopic (exact) mass is 298 g/mol. The number of nitrogen functional groups attached to an aromatic ring is 1. The van der Waals surface area contributed by atoms with Crippen LogP contribution in [0.25, 0.3) is 0 Å². The molecule has 0 saturated heterocycles. The van der Waals surface area contributed by atoms with Crippen LogP contribution in [0.15, 0.2) is 42.0 Å². The summed E-state index contributed by atoms with van der Waals surface area (Å²) in [5.74, 6) is -0.394. The van der Waals surface area contributed by atoms with Crippen molar-refractivity contribution in [1.82, 2.24) is 0 Å². The van der Waals surface area contributed by atoms with Crippen molar-refractivity contribution in [2.45, 2.75) is 26.4 Å². The first-order valence-electron chi connectivity index (χ1n) is 6.26. The predicted molar refractivity (Wildman–Crippen MR) is 77.8 cm³/mol. The molecule has 1 rings (SSSR count). The summed E-state index contributed by atoms with van der Waals surface area (Å²) in [6.07, 6.45) is -1.75. The molecule has 0 aliphatic rings. The molecule has 6 heteroatoms. The van der Waals surface area contributed by atoms with Crippen LogP contribution in [0.5, 0.6) is 0 Å². The van der Waals surface area contributed by atoms with E-state index >= 15 is 0 Å². The molecule has 0 fully saturated rings. The number of rotatable bonds is 4. The molecule has 21 heavy (non-hydrogen) atoms. The summed E-state index contributed by atoms with van der Waals surface area (Å²) in [6.45, 7) is 3.36. The lowest BCUT2D eigenvalue weighted by Crippen LogP contribution is -2.12. The van der Waals surface area contributed by atoms with Gasteiger partial charge < -0.3 is 11.1 Å². The van der Waals surface area contributed by atoms with Crippen LogP contribution in [0.2, 0.25) is 0 Å². The highest BCUT2D eigenvalue weighted by molar-refractivity contribution is 6.03. The molecule has 0 aliphatic carbocycles. The first-order valence-corrected chi connectivity index (χ1v) is 6.26. The molecule has 0 aromatic heterocycles. The lowest BCUT2D eigenvalue weighted by molar-refractivity contribution is -0.125. The summed E-state index contributed by atoms with van der Waals surface area (Å²) in [6, 6.07) is 5.10. The predicted octanol–water partition coefficient (Wildman–Crippen LogP) is 3.97. The van der Waals surface area contributed by atoms with Gasteiger partial charge in [-0.05, 0) is 31.5 Å². The third kappa shape index (κ3) is 6.16. The molecule has 3 N–H and O–H groups in total. The average Bonchev–Trinajstić information content (AvgIpc) is 2.37. The number of halogens is 3. The van der Waals surface area contributed by atoms with E-state index in [2.05, 4.69) is 5.32 Å². The van der Waals surface area contributed by atoms with Crippen molar-refractivity contribution in [3.8, 4) is 0 Å². The molecule has 0 saturated carbocycles. The number of nitrogens with one attached hydrogen (secondary N) is 1. The van der Waals surface area contributed by atoms with E-state index < -0.39 is 18.5 Å². The number of allylic oxidation sites excluding steroid dienone is 3. The molecule has 0 unspecified atom stereocenters. The van der Waals surface area contributed by atoms with Gasteiger partial charge in [0.2, 0.25) is 0 Å². The van der Waals surface area contributed by atoms with E-state index in [4.69, 9.17) is 5.73 Å². The minimum atomic E-state index is -4.24. The Hall–Kier alpha value is -2.24. The molecule has 0 spiro atoms. The fourth-order valence-electron chi connectivity index (χ4n) is 1.44. The summed E-state index contributed by atoms with van der Waals surface area (Å²) in [7, 11) is 0. The zero-order valence-corrected chi connectivity index (χ0v) is 11.8. The van der Waals surface area contributed by atoms with E-state index in [1.807, 2.05) is 6.92 Å². The van der Waals surface area contributed by atoms with Gasteiger partial charge in [-0.1, -0.05) is 24.3 Å². The zero-order valence-electron chi connectivity index (χ0n) is 11.8. The van der Waals surface area contributed by atoms with Gasteiger partial charge in [0, 0.05) is 16.9 Å². The molecule has 0 heterocycles. The Morgan fingerprint density at radius 2 is 2.05 bits per heavy atom. The van der Waals surface area contributed by atoms with E-state index in [1.165, 1.54) is 19.1 Å². The summed E-state index contributed by atoms with van der Waals surface area (Å²) in [4.78, 5) is 11.8. The van der Waals surface area contributed by atoms with E-state index in [9.17, 15) is 18.0 Å². The Morgan fingerprint density at radius 1 is 1.38 bits per heavy atom. The zero-order chi connectivity index (χ0) is 16.0. The second kappa shape index (κ2) is 6.97. The Labute approximate surface area is 121 Å². The average molecular weight is 298 g/mol. The van der Waals surface area contributed by atoms with Gasteiger partial charge in [0.25, 0.3) is 5.91 Å². The number of alkyl halides is 3. The van der Waals surface area contributed by atoms with Crippen LogP contribution in [-0.2, 0) is 4.79 Å². The molecule has 0 bridgehead atoms. The van der Waals surface area contributed by atoms with E-state index in [-0.39, 0.29) is 0 Å². The van der Waals surface area contributed by atoms with E-state index in [0.29, 0.717) is 16.9 Å². The highest BCUT2D eigenvalue weighted by Gasteiger charge is 2.24. The van der Waals surface area contributed by atoms with Crippen molar-refractivity contribution in [1.29, 1.82) is 0 Å². The quantitative estimate of drug-likeness (QED) is 0.502. The molecular formula is C15H17F3N2O. The second-order valence-corrected chi connectivity index (χ2v) is 4.62. The summed E-state index contributed by atoms with van der Waals surface area (Å²) in [5.41, 5.74) is 8.02. The van der Waals surface area contributed by atoms with Crippen LogP contribution in [0.3, 0.4) is 0 Å². The maximum absolute atomic E-state index is 11.9. The lowest BCUT2D eigenvalue weighted by atomic mass is 10.1. The molecule has 3 nitrogen and oxygen atoms in total. The fraction of sp³-hybridized carbons (Fsp3) is 0.267.